The van der Waals surface area contributed by atoms with Crippen LogP contribution in [0, 0.1) is 5.92 Å². The molecule has 0 aliphatic carbocycles. The van der Waals surface area contributed by atoms with Gasteiger partial charge in [0, 0.05) is 26.2 Å². The highest BCUT2D eigenvalue weighted by Gasteiger charge is 2.15. The van der Waals surface area contributed by atoms with Crippen LogP contribution in [-0.4, -0.2) is 34.0 Å². The summed E-state index contributed by atoms with van der Waals surface area (Å²) in [5.74, 6) is 1.45. The average molecular weight is 525 g/mol. The maximum absolute atomic E-state index is 12.2. The van der Waals surface area contributed by atoms with Gasteiger partial charge in [0.1, 0.15) is 0 Å². The summed E-state index contributed by atoms with van der Waals surface area (Å²) in [6, 6.07) is 7.48. The molecule has 0 amide bonds. The highest BCUT2D eigenvalue weighted by molar-refractivity contribution is 14.0. The molecule has 3 N–H and O–H groups in total. The van der Waals surface area contributed by atoms with E-state index in [4.69, 9.17) is 0 Å². The minimum absolute atomic E-state index is 0. The fourth-order valence-electron chi connectivity index (χ4n) is 2.76. The van der Waals surface area contributed by atoms with Gasteiger partial charge in [-0.3, -0.25) is 4.99 Å². The van der Waals surface area contributed by atoms with Gasteiger partial charge in [-0.05, 0) is 37.3 Å². The van der Waals surface area contributed by atoms with Crippen molar-refractivity contribution in [2.75, 3.05) is 13.6 Å². The first-order chi connectivity index (χ1) is 12.7. The Labute approximate surface area is 188 Å². The summed E-state index contributed by atoms with van der Waals surface area (Å²) < 4.78 is 27.1. The van der Waals surface area contributed by atoms with Crippen molar-refractivity contribution >= 4 is 40.0 Å². The van der Waals surface area contributed by atoms with E-state index < -0.39 is 10.0 Å². The Hall–Kier alpha value is -0.870. The Bertz CT molecular complexity index is 691. The molecule has 162 valence electrons. The largest absolute Gasteiger partial charge is 0.356 e. The Morgan fingerprint density at radius 2 is 1.68 bits per heavy atom. The van der Waals surface area contributed by atoms with E-state index in [9.17, 15) is 8.42 Å². The fourth-order valence-corrected chi connectivity index (χ4v) is 4.25. The topological polar surface area (TPSA) is 82.6 Å². The second-order valence-corrected chi connectivity index (χ2v) is 9.30. The lowest BCUT2D eigenvalue weighted by molar-refractivity contribution is 0.534. The first-order valence-corrected chi connectivity index (χ1v) is 11.4. The summed E-state index contributed by atoms with van der Waals surface area (Å²) in [6.45, 7) is 9.52. The molecule has 1 aromatic carbocycles. The molecule has 8 heteroatoms. The van der Waals surface area contributed by atoms with Gasteiger partial charge in [0.05, 0.1) is 5.75 Å². The number of nitrogens with one attached hydrogen (secondary N) is 3. The predicted molar refractivity (Wildman–Crippen MR) is 130 cm³/mol. The lowest BCUT2D eigenvalue weighted by Crippen LogP contribution is -2.37. The minimum atomic E-state index is -3.35. The molecule has 28 heavy (non-hydrogen) atoms. The van der Waals surface area contributed by atoms with Gasteiger partial charge in [0.25, 0.3) is 0 Å². The molecule has 1 aromatic rings. The number of benzene rings is 1. The highest BCUT2D eigenvalue weighted by atomic mass is 127. The number of aliphatic imine (C=N–C) groups is 1. The number of guanidine groups is 1. The number of unbranched alkanes of at least 4 members (excludes halogenated alkanes) is 1. The predicted octanol–water partition coefficient (Wildman–Crippen LogP) is 3.62. The van der Waals surface area contributed by atoms with Crippen LogP contribution in [0.15, 0.2) is 29.3 Å². The lowest BCUT2D eigenvalue weighted by atomic mass is 10.1. The van der Waals surface area contributed by atoms with E-state index in [2.05, 4.69) is 34.2 Å². The van der Waals surface area contributed by atoms with Crippen molar-refractivity contribution in [3.8, 4) is 0 Å². The highest BCUT2D eigenvalue weighted by Crippen LogP contribution is 2.12. The van der Waals surface area contributed by atoms with Gasteiger partial charge in [-0.25, -0.2) is 13.1 Å². The van der Waals surface area contributed by atoms with Crippen LogP contribution in [0.3, 0.4) is 0 Å². The molecule has 0 fully saturated rings. The summed E-state index contributed by atoms with van der Waals surface area (Å²) in [5, 5.41) is 6.59. The first-order valence-electron chi connectivity index (χ1n) is 9.74. The average Bonchev–Trinajstić information content (AvgIpc) is 2.56. The summed E-state index contributed by atoms with van der Waals surface area (Å²) in [5.41, 5.74) is 1.75. The van der Waals surface area contributed by atoms with E-state index >= 15 is 0 Å². The molecule has 0 bridgehead atoms. The Morgan fingerprint density at radius 3 is 2.25 bits per heavy atom. The van der Waals surface area contributed by atoms with Gasteiger partial charge < -0.3 is 10.6 Å². The number of halogens is 1. The number of rotatable bonds is 11. The fraction of sp³-hybridized carbons (Fsp3) is 0.650. The molecule has 0 spiro atoms. The number of nitrogens with zero attached hydrogens (tertiary/aromatic N) is 1. The molecule has 0 atom stereocenters. The summed E-state index contributed by atoms with van der Waals surface area (Å²) in [6.07, 6.45) is 3.54. The first kappa shape index (κ1) is 27.1. The zero-order valence-electron chi connectivity index (χ0n) is 17.8. The van der Waals surface area contributed by atoms with Gasteiger partial charge in [0.2, 0.25) is 10.0 Å². The molecule has 1 rings (SSSR count). The van der Waals surface area contributed by atoms with Crippen LogP contribution in [0.1, 0.15) is 58.1 Å². The van der Waals surface area contributed by atoms with Gasteiger partial charge >= 0.3 is 0 Å². The second-order valence-electron chi connectivity index (χ2n) is 7.54. The smallest absolute Gasteiger partial charge is 0.216 e. The van der Waals surface area contributed by atoms with Gasteiger partial charge in [-0.1, -0.05) is 51.0 Å². The third kappa shape index (κ3) is 11.9. The molecule has 0 aromatic heterocycles. The summed E-state index contributed by atoms with van der Waals surface area (Å²) in [7, 11) is -1.61. The molecule has 0 saturated heterocycles. The van der Waals surface area contributed by atoms with Crippen molar-refractivity contribution < 1.29 is 8.42 Å². The van der Waals surface area contributed by atoms with E-state index in [0.29, 0.717) is 6.54 Å². The van der Waals surface area contributed by atoms with Crippen molar-refractivity contribution in [2.24, 2.45) is 10.9 Å². The normalized spacial score (nSPS) is 12.2. The summed E-state index contributed by atoms with van der Waals surface area (Å²) >= 11 is 0. The lowest BCUT2D eigenvalue weighted by Gasteiger charge is -2.15. The Morgan fingerprint density at radius 1 is 1.04 bits per heavy atom. The molecule has 0 radical (unpaired) electrons. The molecule has 0 unspecified atom stereocenters. The van der Waals surface area contributed by atoms with Crippen LogP contribution in [-0.2, 0) is 22.3 Å². The van der Waals surface area contributed by atoms with Crippen LogP contribution in [0.25, 0.3) is 0 Å². The second kappa shape index (κ2) is 14.2. The third-order valence-electron chi connectivity index (χ3n) is 4.05. The van der Waals surface area contributed by atoms with Crippen molar-refractivity contribution in [1.29, 1.82) is 0 Å². The van der Waals surface area contributed by atoms with Crippen molar-refractivity contribution in [3.05, 3.63) is 35.4 Å². The van der Waals surface area contributed by atoms with Crippen LogP contribution in [0.5, 0.6) is 0 Å². The molecule has 6 nitrogen and oxygen atoms in total. The summed E-state index contributed by atoms with van der Waals surface area (Å²) in [4.78, 5) is 4.24. The third-order valence-corrected chi connectivity index (χ3v) is 5.57. The Balaban J connectivity index is 0.00000729. The zero-order valence-corrected chi connectivity index (χ0v) is 20.9. The van der Waals surface area contributed by atoms with E-state index in [-0.39, 0.29) is 35.8 Å². The van der Waals surface area contributed by atoms with Crippen LogP contribution >= 0.6 is 24.0 Å². The standard InChI is InChI=1S/C20H36N4O2S.HI/c1-16(2)10-8-9-13-22-20(21-5)23-14-18-11-6-7-12-19(18)15-27(25,26)24-17(3)4;/h6-7,11-12,16-17,24H,8-10,13-15H2,1-5H3,(H2,21,22,23);1H. The van der Waals surface area contributed by atoms with Crippen LogP contribution in [0.4, 0.5) is 0 Å². The van der Waals surface area contributed by atoms with E-state index in [1.165, 1.54) is 12.8 Å². The number of hydrogen-bond acceptors (Lipinski definition) is 3. The van der Waals surface area contributed by atoms with E-state index in [0.717, 1.165) is 36.0 Å². The van der Waals surface area contributed by atoms with Gasteiger partial charge in [0.15, 0.2) is 5.96 Å². The van der Waals surface area contributed by atoms with E-state index in [1.54, 1.807) is 7.05 Å². The molecule has 0 aliphatic heterocycles. The zero-order chi connectivity index (χ0) is 20.3. The monoisotopic (exact) mass is 524 g/mol. The van der Waals surface area contributed by atoms with Crippen LogP contribution < -0.4 is 15.4 Å². The molecular weight excluding hydrogens is 487 g/mol. The number of hydrogen-bond donors (Lipinski definition) is 3. The minimum Gasteiger partial charge on any atom is -0.356 e. The van der Waals surface area contributed by atoms with Gasteiger partial charge in [-0.2, -0.15) is 0 Å². The Kier molecular flexibility index (Phi) is 13.7. The molecular formula is C20H37IN4O2S. The van der Waals surface area contributed by atoms with Crippen molar-refractivity contribution in [1.82, 2.24) is 15.4 Å². The maximum Gasteiger partial charge on any atom is 0.216 e. The van der Waals surface area contributed by atoms with Crippen LogP contribution in [0.2, 0.25) is 0 Å². The van der Waals surface area contributed by atoms with Gasteiger partial charge in [-0.15, -0.1) is 24.0 Å². The molecule has 0 saturated carbocycles. The quantitative estimate of drug-likeness (QED) is 0.179. The molecule has 0 aliphatic rings. The maximum atomic E-state index is 12.2. The SMILES string of the molecule is CN=C(NCCCCC(C)C)NCc1ccccc1CS(=O)(=O)NC(C)C.I. The van der Waals surface area contributed by atoms with Crippen molar-refractivity contribution in [3.63, 3.8) is 0 Å². The van der Waals surface area contributed by atoms with Crippen molar-refractivity contribution in [2.45, 2.75) is 65.3 Å². The number of sulfonamides is 1. The molecule has 0 heterocycles. The van der Waals surface area contributed by atoms with E-state index in [1.807, 2.05) is 38.1 Å².